The normalized spacial score (nSPS) is 13.4. The number of hydrogen-bond acceptors (Lipinski definition) is 3. The molecule has 0 aromatic heterocycles. The van der Waals surface area contributed by atoms with Crippen LogP contribution in [0.25, 0.3) is 0 Å². The van der Waals surface area contributed by atoms with Gasteiger partial charge in [-0.1, -0.05) is 32.0 Å². The molecule has 1 unspecified atom stereocenters. The summed E-state index contributed by atoms with van der Waals surface area (Å²) in [5, 5.41) is 3.12. The molecule has 0 aliphatic rings. The number of alkyl halides is 1. The van der Waals surface area contributed by atoms with E-state index in [4.69, 9.17) is 16.3 Å². The monoisotopic (exact) mass is 233 g/mol. The van der Waals surface area contributed by atoms with Crippen LogP contribution < -0.4 is 5.32 Å². The van der Waals surface area contributed by atoms with Gasteiger partial charge in [0.1, 0.15) is 0 Å². The van der Waals surface area contributed by atoms with Crippen LogP contribution in [0.1, 0.15) is 33.6 Å². The summed E-state index contributed by atoms with van der Waals surface area (Å²) in [6.07, 6.45) is 1.58. The Morgan fingerprint density at radius 3 is 2.27 bits per heavy atom. The first-order valence-corrected chi connectivity index (χ1v) is 5.56. The van der Waals surface area contributed by atoms with Gasteiger partial charge in [-0.25, -0.2) is 4.79 Å². The predicted molar refractivity (Wildman–Crippen MR) is 62.9 cm³/mol. The third kappa shape index (κ3) is 3.50. The fourth-order valence-electron chi connectivity index (χ4n) is 1.35. The average molecular weight is 234 g/mol. The maximum Gasteiger partial charge on any atom is 0.334 e. The Morgan fingerprint density at radius 2 is 2.00 bits per heavy atom. The number of esters is 1. The molecule has 4 heteroatoms. The highest BCUT2D eigenvalue weighted by molar-refractivity contribution is 6.21. The van der Waals surface area contributed by atoms with Crippen LogP contribution in [0.4, 0.5) is 0 Å². The number of nitrogens with one attached hydrogen (secondary N) is 1. The maximum atomic E-state index is 11.3. The molecular formula is C11H20ClNO2. The summed E-state index contributed by atoms with van der Waals surface area (Å²) in [5.41, 5.74) is -0.688. The van der Waals surface area contributed by atoms with E-state index in [9.17, 15) is 4.79 Å². The van der Waals surface area contributed by atoms with Crippen molar-refractivity contribution in [1.82, 2.24) is 5.32 Å². The van der Waals surface area contributed by atoms with Gasteiger partial charge in [0.25, 0.3) is 0 Å². The first-order valence-electron chi connectivity index (χ1n) is 5.13. The lowest BCUT2D eigenvalue weighted by Gasteiger charge is -2.35. The van der Waals surface area contributed by atoms with Crippen LogP contribution in [-0.2, 0) is 9.53 Å². The second-order valence-electron chi connectivity index (χ2n) is 3.61. The molecule has 0 saturated heterocycles. The molecule has 0 fully saturated rings. The fraction of sp³-hybridized carbons (Fsp3) is 0.727. The van der Waals surface area contributed by atoms with Gasteiger partial charge >= 0.3 is 5.97 Å². The van der Waals surface area contributed by atoms with Crippen LogP contribution in [0, 0.1) is 0 Å². The van der Waals surface area contributed by atoms with Crippen LogP contribution in [0.15, 0.2) is 12.2 Å². The molecule has 0 aliphatic carbocycles. The van der Waals surface area contributed by atoms with Crippen LogP contribution >= 0.6 is 11.6 Å². The second kappa shape index (κ2) is 6.13. The molecule has 0 aliphatic heterocycles. The minimum atomic E-state index is -0.679. The van der Waals surface area contributed by atoms with Gasteiger partial charge in [-0.05, 0) is 26.8 Å². The fourth-order valence-corrected chi connectivity index (χ4v) is 1.84. The summed E-state index contributed by atoms with van der Waals surface area (Å²) < 4.78 is 5.11. The number of halogens is 1. The largest absolute Gasteiger partial charge is 0.441 e. The second-order valence-corrected chi connectivity index (χ2v) is 4.01. The first kappa shape index (κ1) is 14.5. The lowest BCUT2D eigenvalue weighted by Crippen LogP contribution is -2.51. The molecule has 15 heavy (non-hydrogen) atoms. The standard InChI is InChI=1S/C11H20ClNO2/c1-6-11(7-2,13-5)10(12)15-9(14)8(3)4/h10,13H,3,6-7H2,1-2,4-5H3. The Bertz CT molecular complexity index is 228. The Balaban J connectivity index is 4.58. The van der Waals surface area contributed by atoms with Crippen LogP contribution in [0.5, 0.6) is 0 Å². The van der Waals surface area contributed by atoms with E-state index < -0.39 is 11.5 Å². The third-order valence-corrected chi connectivity index (χ3v) is 3.26. The molecule has 3 nitrogen and oxygen atoms in total. The number of ether oxygens (including phenoxy) is 1. The van der Waals surface area contributed by atoms with Gasteiger partial charge in [0.2, 0.25) is 0 Å². The molecular weight excluding hydrogens is 214 g/mol. The summed E-state index contributed by atoms with van der Waals surface area (Å²) in [4.78, 5) is 11.3. The minimum Gasteiger partial charge on any atom is -0.441 e. The molecule has 0 saturated carbocycles. The van der Waals surface area contributed by atoms with Gasteiger partial charge in [0, 0.05) is 5.57 Å². The van der Waals surface area contributed by atoms with E-state index in [2.05, 4.69) is 11.9 Å². The molecule has 0 rings (SSSR count). The van der Waals surface area contributed by atoms with Gasteiger partial charge in [-0.2, -0.15) is 0 Å². The molecule has 88 valence electrons. The van der Waals surface area contributed by atoms with E-state index in [1.54, 1.807) is 6.92 Å². The number of carbonyl (C=O) groups is 1. The van der Waals surface area contributed by atoms with E-state index in [1.165, 1.54) is 0 Å². The van der Waals surface area contributed by atoms with Gasteiger partial charge in [0.15, 0.2) is 5.56 Å². The lowest BCUT2D eigenvalue weighted by atomic mass is 9.94. The summed E-state index contributed by atoms with van der Waals surface area (Å²) in [6.45, 7) is 9.12. The average Bonchev–Trinajstić information content (AvgIpc) is 2.21. The third-order valence-electron chi connectivity index (χ3n) is 2.75. The summed E-state index contributed by atoms with van der Waals surface area (Å²) >= 11 is 6.10. The predicted octanol–water partition coefficient (Wildman–Crippen LogP) is 2.45. The van der Waals surface area contributed by atoms with E-state index in [-0.39, 0.29) is 5.54 Å². The smallest absolute Gasteiger partial charge is 0.334 e. The zero-order valence-corrected chi connectivity index (χ0v) is 10.6. The molecule has 1 atom stereocenters. The van der Waals surface area contributed by atoms with Crippen molar-refractivity contribution in [1.29, 1.82) is 0 Å². The number of rotatable bonds is 6. The van der Waals surface area contributed by atoms with Crippen LogP contribution in [-0.4, -0.2) is 24.1 Å². The van der Waals surface area contributed by atoms with Crippen LogP contribution in [0.3, 0.4) is 0 Å². The van der Waals surface area contributed by atoms with E-state index in [0.717, 1.165) is 12.8 Å². The van der Waals surface area contributed by atoms with Gasteiger partial charge in [-0.15, -0.1) is 0 Å². The van der Waals surface area contributed by atoms with Gasteiger partial charge < -0.3 is 10.1 Å². The Kier molecular flexibility index (Phi) is 5.91. The van der Waals surface area contributed by atoms with Gasteiger partial charge in [-0.3, -0.25) is 0 Å². The molecule has 1 N–H and O–H groups in total. The molecule has 0 amide bonds. The summed E-state index contributed by atoms with van der Waals surface area (Å²) in [5.74, 6) is -0.448. The molecule has 0 spiro atoms. The lowest BCUT2D eigenvalue weighted by molar-refractivity contribution is -0.143. The summed E-state index contributed by atoms with van der Waals surface area (Å²) in [6, 6.07) is 0. The molecule has 0 heterocycles. The Morgan fingerprint density at radius 1 is 1.53 bits per heavy atom. The highest BCUT2D eigenvalue weighted by Gasteiger charge is 2.35. The zero-order chi connectivity index (χ0) is 12.1. The van der Waals surface area contributed by atoms with Gasteiger partial charge in [0.05, 0.1) is 5.54 Å². The quantitative estimate of drug-likeness (QED) is 0.435. The molecule has 0 aromatic rings. The van der Waals surface area contributed by atoms with Crippen molar-refractivity contribution in [3.8, 4) is 0 Å². The molecule has 0 radical (unpaired) electrons. The van der Waals surface area contributed by atoms with Crippen molar-refractivity contribution < 1.29 is 9.53 Å². The van der Waals surface area contributed by atoms with Crippen molar-refractivity contribution in [2.45, 2.75) is 44.7 Å². The Labute approximate surface area is 96.8 Å². The van der Waals surface area contributed by atoms with E-state index in [1.807, 2.05) is 20.9 Å². The number of carbonyl (C=O) groups excluding carboxylic acids is 1. The van der Waals surface area contributed by atoms with Crippen LogP contribution in [0.2, 0.25) is 0 Å². The number of hydrogen-bond donors (Lipinski definition) is 1. The topological polar surface area (TPSA) is 38.3 Å². The van der Waals surface area contributed by atoms with Crippen molar-refractivity contribution >= 4 is 17.6 Å². The van der Waals surface area contributed by atoms with Crippen molar-refractivity contribution in [3.63, 3.8) is 0 Å². The van der Waals surface area contributed by atoms with E-state index in [0.29, 0.717) is 5.57 Å². The minimum absolute atomic E-state index is 0.359. The van der Waals surface area contributed by atoms with Crippen molar-refractivity contribution in [3.05, 3.63) is 12.2 Å². The highest BCUT2D eigenvalue weighted by Crippen LogP contribution is 2.25. The zero-order valence-electron chi connectivity index (χ0n) is 9.89. The van der Waals surface area contributed by atoms with Crippen molar-refractivity contribution in [2.75, 3.05) is 7.05 Å². The molecule has 0 bridgehead atoms. The summed E-state index contributed by atoms with van der Waals surface area (Å²) in [7, 11) is 1.82. The Hall–Kier alpha value is -0.540. The van der Waals surface area contributed by atoms with E-state index >= 15 is 0 Å². The van der Waals surface area contributed by atoms with Crippen molar-refractivity contribution in [2.24, 2.45) is 0 Å². The maximum absolute atomic E-state index is 11.3. The highest BCUT2D eigenvalue weighted by atomic mass is 35.5. The first-order chi connectivity index (χ1) is 6.93. The molecule has 0 aromatic carbocycles. The number of likely N-dealkylation sites (N-methyl/N-ethyl adjacent to an activating group) is 1. The SMILES string of the molecule is C=C(C)C(=O)OC(Cl)C(CC)(CC)NC.